The Morgan fingerprint density at radius 1 is 0.672 bits per heavy atom. The fourth-order valence-corrected chi connectivity index (χ4v) is 7.94. The predicted octanol–water partition coefficient (Wildman–Crippen LogP) is 11.0. The zero-order chi connectivity index (χ0) is 41.4. The van der Waals surface area contributed by atoms with Crippen LogP contribution in [0.5, 0.6) is 0 Å². The first-order valence-corrected chi connectivity index (χ1v) is 22.7. The number of nitrogens with one attached hydrogen (secondary N) is 2. The highest BCUT2D eigenvalue weighted by molar-refractivity contribution is 5.76. The number of amides is 2. The van der Waals surface area contributed by atoms with Gasteiger partial charge in [-0.15, -0.1) is 0 Å². The summed E-state index contributed by atoms with van der Waals surface area (Å²) in [6.07, 6.45) is 18.0. The smallest absolute Gasteiger partial charge is 0.220 e. The molecule has 4 atom stereocenters. The summed E-state index contributed by atoms with van der Waals surface area (Å²) in [6.45, 7) is 12.6. The predicted molar refractivity (Wildman–Crippen MR) is 237 cm³/mol. The maximum Gasteiger partial charge on any atom is 0.220 e. The van der Waals surface area contributed by atoms with Gasteiger partial charge >= 0.3 is 0 Å². The lowest BCUT2D eigenvalue weighted by Gasteiger charge is -2.43. The third-order valence-corrected chi connectivity index (χ3v) is 11.6. The molecule has 0 aromatic heterocycles. The number of unbranched alkanes of at least 4 members (excludes halogenated alkanes) is 12. The average molecular weight is 798 g/mol. The van der Waals surface area contributed by atoms with Gasteiger partial charge in [0.2, 0.25) is 11.8 Å². The fraction of sp³-hybridized carbons (Fsp3) is 0.600. The Balaban J connectivity index is 1.43. The van der Waals surface area contributed by atoms with Gasteiger partial charge in [0.15, 0.2) is 6.29 Å². The molecule has 1 aliphatic heterocycles. The molecule has 0 saturated carbocycles. The van der Waals surface area contributed by atoms with Gasteiger partial charge in [0.25, 0.3) is 0 Å². The van der Waals surface area contributed by atoms with Crippen LogP contribution in [0.3, 0.4) is 0 Å². The molecular formula is C50H75N3O5. The van der Waals surface area contributed by atoms with Gasteiger partial charge in [0, 0.05) is 44.5 Å². The zero-order valence-corrected chi connectivity index (χ0v) is 36.3. The monoisotopic (exact) mass is 798 g/mol. The molecule has 0 aliphatic carbocycles. The molecule has 8 nitrogen and oxygen atoms in total. The number of aliphatic hydroxyl groups excluding tert-OH is 1. The molecule has 320 valence electrons. The molecule has 2 amide bonds. The number of ether oxygens (including phenoxy) is 2. The Kier molecular flexibility index (Phi) is 22.1. The van der Waals surface area contributed by atoms with Crippen LogP contribution < -0.4 is 10.6 Å². The van der Waals surface area contributed by atoms with Crippen LogP contribution >= 0.6 is 0 Å². The van der Waals surface area contributed by atoms with E-state index in [4.69, 9.17) is 9.47 Å². The van der Waals surface area contributed by atoms with Gasteiger partial charge in [-0.25, -0.2) is 0 Å². The molecule has 0 spiro atoms. The van der Waals surface area contributed by atoms with Gasteiger partial charge in [-0.3, -0.25) is 9.59 Å². The second-order valence-electron chi connectivity index (χ2n) is 16.6. The van der Waals surface area contributed by atoms with Crippen LogP contribution in [0.25, 0.3) is 11.1 Å². The first kappa shape index (κ1) is 47.1. The Morgan fingerprint density at radius 3 is 1.93 bits per heavy atom. The van der Waals surface area contributed by atoms with Crippen molar-refractivity contribution >= 4 is 11.8 Å². The summed E-state index contributed by atoms with van der Waals surface area (Å²) in [5.41, 5.74) is 6.25. The molecule has 58 heavy (non-hydrogen) atoms. The highest BCUT2D eigenvalue weighted by Crippen LogP contribution is 2.42. The van der Waals surface area contributed by atoms with Crippen LogP contribution in [0.15, 0.2) is 72.8 Å². The quantitative estimate of drug-likeness (QED) is 0.0633. The van der Waals surface area contributed by atoms with Crippen molar-refractivity contribution < 1.29 is 24.2 Å². The summed E-state index contributed by atoms with van der Waals surface area (Å²) < 4.78 is 13.8. The lowest BCUT2D eigenvalue weighted by atomic mass is 9.89. The van der Waals surface area contributed by atoms with E-state index >= 15 is 0 Å². The Bertz CT molecular complexity index is 1560. The van der Waals surface area contributed by atoms with Crippen LogP contribution in [-0.2, 0) is 32.2 Å². The Morgan fingerprint density at radius 2 is 1.29 bits per heavy atom. The van der Waals surface area contributed by atoms with Crippen LogP contribution in [0, 0.1) is 5.92 Å². The summed E-state index contributed by atoms with van der Waals surface area (Å²) in [7, 11) is 0. The molecule has 4 unspecified atom stereocenters. The minimum atomic E-state index is -0.505. The van der Waals surface area contributed by atoms with E-state index in [9.17, 15) is 14.7 Å². The largest absolute Gasteiger partial charge is 0.392 e. The average Bonchev–Trinajstić information content (AvgIpc) is 3.24. The third-order valence-electron chi connectivity index (χ3n) is 11.6. The van der Waals surface area contributed by atoms with Crippen LogP contribution in [0.4, 0.5) is 0 Å². The summed E-state index contributed by atoms with van der Waals surface area (Å²) in [5.74, 6) is 0.173. The molecule has 3 aromatic rings. The van der Waals surface area contributed by atoms with Crippen molar-refractivity contribution in [2.24, 2.45) is 5.92 Å². The maximum atomic E-state index is 12.5. The van der Waals surface area contributed by atoms with Crippen molar-refractivity contribution in [3.63, 3.8) is 0 Å². The molecule has 3 N–H and O–H groups in total. The number of hydrogen-bond donors (Lipinski definition) is 3. The molecular weight excluding hydrogens is 723 g/mol. The summed E-state index contributed by atoms with van der Waals surface area (Å²) in [5, 5.41) is 15.6. The number of carbonyl (C=O) groups excluding carboxylic acids is 2. The van der Waals surface area contributed by atoms with E-state index in [0.29, 0.717) is 19.5 Å². The zero-order valence-electron chi connectivity index (χ0n) is 36.3. The second-order valence-corrected chi connectivity index (χ2v) is 16.6. The van der Waals surface area contributed by atoms with E-state index in [1.807, 2.05) is 24.3 Å². The molecule has 1 aliphatic rings. The van der Waals surface area contributed by atoms with Crippen LogP contribution in [0.1, 0.15) is 165 Å². The molecule has 0 bridgehead atoms. The minimum absolute atomic E-state index is 0.00300. The van der Waals surface area contributed by atoms with E-state index < -0.39 is 6.29 Å². The number of aliphatic hydroxyl groups is 1. The highest BCUT2D eigenvalue weighted by atomic mass is 16.7. The summed E-state index contributed by atoms with van der Waals surface area (Å²) in [6, 6.07) is 25.1. The van der Waals surface area contributed by atoms with Gasteiger partial charge in [0.05, 0.1) is 18.8 Å². The van der Waals surface area contributed by atoms with Crippen molar-refractivity contribution in [2.75, 3.05) is 26.2 Å². The lowest BCUT2D eigenvalue weighted by molar-refractivity contribution is -0.276. The van der Waals surface area contributed by atoms with Crippen molar-refractivity contribution in [1.82, 2.24) is 15.5 Å². The highest BCUT2D eigenvalue weighted by Gasteiger charge is 2.39. The molecule has 4 rings (SSSR count). The SMILES string of the molecule is CCCCCCCCN(CCCCCCCC)CC1OC(c2ccc(-c3cccc(CNC(=O)CCCCCNC(C)=O)c3)cc2)OC(c2ccc(CO)cc2)C1C. The molecule has 1 heterocycles. The van der Waals surface area contributed by atoms with Gasteiger partial charge in [-0.05, 0) is 72.7 Å². The van der Waals surface area contributed by atoms with Crippen molar-refractivity contribution in [1.29, 1.82) is 0 Å². The Labute approximate surface area is 350 Å². The summed E-state index contributed by atoms with van der Waals surface area (Å²) >= 11 is 0. The molecule has 1 fully saturated rings. The number of rotatable bonds is 28. The number of hydrogen-bond acceptors (Lipinski definition) is 6. The normalized spacial score (nSPS) is 18.0. The summed E-state index contributed by atoms with van der Waals surface area (Å²) in [4.78, 5) is 26.2. The van der Waals surface area contributed by atoms with Crippen molar-refractivity contribution in [3.05, 3.63) is 95.1 Å². The first-order chi connectivity index (χ1) is 28.3. The van der Waals surface area contributed by atoms with Crippen LogP contribution in [0.2, 0.25) is 0 Å². The number of carbonyl (C=O) groups is 2. The molecule has 3 aromatic carbocycles. The Hall–Kier alpha value is -3.56. The number of benzene rings is 3. The minimum Gasteiger partial charge on any atom is -0.392 e. The molecule has 1 saturated heterocycles. The van der Waals surface area contributed by atoms with E-state index in [1.54, 1.807) is 0 Å². The topological polar surface area (TPSA) is 100 Å². The number of nitrogens with zero attached hydrogens (tertiary/aromatic N) is 1. The third kappa shape index (κ3) is 17.0. The van der Waals surface area contributed by atoms with Gasteiger partial charge < -0.3 is 30.1 Å². The lowest BCUT2D eigenvalue weighted by Crippen LogP contribution is -2.45. The van der Waals surface area contributed by atoms with Gasteiger partial charge in [0.1, 0.15) is 0 Å². The second kappa shape index (κ2) is 27.2. The first-order valence-electron chi connectivity index (χ1n) is 22.7. The maximum absolute atomic E-state index is 12.5. The molecule has 0 radical (unpaired) electrons. The van der Waals surface area contributed by atoms with Crippen LogP contribution in [-0.4, -0.2) is 54.1 Å². The van der Waals surface area contributed by atoms with Gasteiger partial charge in [-0.2, -0.15) is 0 Å². The van der Waals surface area contributed by atoms with E-state index in [-0.39, 0.29) is 36.5 Å². The van der Waals surface area contributed by atoms with Crippen molar-refractivity contribution in [2.45, 2.75) is 162 Å². The molecule has 8 heteroatoms. The van der Waals surface area contributed by atoms with E-state index in [0.717, 1.165) is 72.3 Å². The standard InChI is InChI=1S/C50H75N3O5/c1-5-7-9-11-13-18-33-53(34-19-14-12-10-8-6-2)37-47-39(3)49(44-26-24-41(38-54)25-27-44)58-50(57-47)45-30-28-43(29-31-45)46-22-20-21-42(35-46)36-52-48(56)23-16-15-17-32-51-40(4)55/h20-22,24-31,35,39,47,49-50,54H,5-19,23,32-34,36-38H2,1-4H3,(H,51,55)(H,52,56). The fourth-order valence-electron chi connectivity index (χ4n) is 7.94. The van der Waals surface area contributed by atoms with Crippen molar-refractivity contribution in [3.8, 4) is 11.1 Å². The van der Waals surface area contributed by atoms with Gasteiger partial charge in [-0.1, -0.05) is 158 Å². The van der Waals surface area contributed by atoms with E-state index in [2.05, 4.69) is 84.8 Å². The van der Waals surface area contributed by atoms with E-state index in [1.165, 1.54) is 84.0 Å².